The highest BCUT2D eigenvalue weighted by Crippen LogP contribution is 2.54. The molecule has 0 aliphatic heterocycles. The second kappa shape index (κ2) is 6.02. The Labute approximate surface area is 128 Å². The Kier molecular flexibility index (Phi) is 4.52. The van der Waals surface area contributed by atoms with Gasteiger partial charge in [0.2, 0.25) is 0 Å². The van der Waals surface area contributed by atoms with Crippen molar-refractivity contribution in [3.63, 3.8) is 0 Å². The van der Waals surface area contributed by atoms with E-state index in [1.165, 1.54) is 24.3 Å². The Bertz CT molecular complexity index is 604. The lowest BCUT2D eigenvalue weighted by Gasteiger charge is -2.22. The quantitative estimate of drug-likeness (QED) is 0.590. The first kappa shape index (κ1) is 15.8. The molecule has 5 nitrogen and oxygen atoms in total. The maximum atomic E-state index is 10.1. The zero-order chi connectivity index (χ0) is 15.6. The molecule has 0 atom stereocenters. The topological polar surface area (TPSA) is 79.2 Å². The molecule has 0 radical (unpaired) electrons. The highest BCUT2D eigenvalue weighted by Gasteiger charge is 2.27. The van der Waals surface area contributed by atoms with E-state index in [-0.39, 0.29) is 11.5 Å². The summed E-state index contributed by atoms with van der Waals surface area (Å²) in [5, 5.41) is 18.9. The summed E-state index contributed by atoms with van der Waals surface area (Å²) in [7, 11) is -3.54. The van der Waals surface area contributed by atoms with E-state index in [1.54, 1.807) is 26.0 Å². The predicted octanol–water partition coefficient (Wildman–Crippen LogP) is 3.39. The van der Waals surface area contributed by atoms with Gasteiger partial charge in [0.1, 0.15) is 11.5 Å². The minimum absolute atomic E-state index is 0.128. The van der Waals surface area contributed by atoms with E-state index >= 15 is 0 Å². The molecule has 0 spiro atoms. The molecular weight excluding hydrogens is 311 g/mol. The van der Waals surface area contributed by atoms with Crippen LogP contribution in [0.15, 0.2) is 36.4 Å². The van der Waals surface area contributed by atoms with E-state index in [0.29, 0.717) is 22.6 Å². The van der Waals surface area contributed by atoms with E-state index in [4.69, 9.17) is 21.3 Å². The van der Waals surface area contributed by atoms with Gasteiger partial charge < -0.3 is 31.5 Å². The van der Waals surface area contributed by atoms with Crippen molar-refractivity contribution < 1.29 is 24.2 Å². The van der Waals surface area contributed by atoms with E-state index < -0.39 is 7.15 Å². The highest BCUT2D eigenvalue weighted by atomic mass is 32.7. The lowest BCUT2D eigenvalue weighted by molar-refractivity contribution is 0.371. The number of aromatic hydroxyl groups is 2. The molecule has 0 bridgehead atoms. The van der Waals surface area contributed by atoms with Gasteiger partial charge in [-0.3, -0.25) is 0 Å². The molecule has 2 rings (SSSR count). The van der Waals surface area contributed by atoms with Crippen molar-refractivity contribution in [1.82, 2.24) is 0 Å². The second-order valence-corrected chi connectivity index (χ2v) is 7.23. The number of rotatable bonds is 4. The molecule has 21 heavy (non-hydrogen) atoms. The van der Waals surface area contributed by atoms with Crippen molar-refractivity contribution in [1.29, 1.82) is 0 Å². The van der Waals surface area contributed by atoms with Crippen molar-refractivity contribution in [2.24, 2.45) is 0 Å². The van der Waals surface area contributed by atoms with Gasteiger partial charge in [0.05, 0.1) is 0 Å². The Hall–Kier alpha value is -1.62. The Morgan fingerprint density at radius 3 is 1.57 bits per heavy atom. The smallest absolute Gasteiger partial charge is 0.379 e. The summed E-state index contributed by atoms with van der Waals surface area (Å²) < 4.78 is 10.6. The molecule has 0 amide bonds. The van der Waals surface area contributed by atoms with Gasteiger partial charge in [-0.25, -0.2) is 0 Å². The van der Waals surface area contributed by atoms with Gasteiger partial charge in [0, 0.05) is 0 Å². The molecule has 0 saturated heterocycles. The largest absolute Gasteiger partial charge is 0.508 e. The zero-order valence-corrected chi connectivity index (χ0v) is 13.2. The molecule has 0 saturated carbocycles. The van der Waals surface area contributed by atoms with Crippen molar-refractivity contribution in [2.45, 2.75) is 13.8 Å². The first-order valence-electron chi connectivity index (χ1n) is 6.08. The lowest BCUT2D eigenvalue weighted by atomic mass is 10.2. The fraction of sp³-hybridized carbons (Fsp3) is 0.143. The van der Waals surface area contributed by atoms with Crippen LogP contribution in [0.2, 0.25) is 0 Å². The van der Waals surface area contributed by atoms with Gasteiger partial charge in [-0.2, -0.15) is 4.89 Å². The summed E-state index contributed by atoms with van der Waals surface area (Å²) in [5.41, 5.74) is 1.20. The van der Waals surface area contributed by atoms with Crippen LogP contribution in [0, 0.1) is 13.8 Å². The summed E-state index contributed by atoms with van der Waals surface area (Å²) in [6.45, 7) is 3.40. The summed E-state index contributed by atoms with van der Waals surface area (Å²) >= 11 is 4.96. The fourth-order valence-corrected chi connectivity index (χ4v) is 2.97. The third-order valence-electron chi connectivity index (χ3n) is 2.78. The monoisotopic (exact) mass is 326 g/mol. The lowest BCUT2D eigenvalue weighted by Crippen LogP contribution is -2.05. The first-order valence-corrected chi connectivity index (χ1v) is 8.67. The minimum Gasteiger partial charge on any atom is -0.508 e. The van der Waals surface area contributed by atoms with Gasteiger partial charge in [-0.1, -0.05) is 0 Å². The minimum atomic E-state index is -3.54. The predicted molar refractivity (Wildman–Crippen MR) is 83.4 cm³/mol. The number of phenolic OH excluding ortho intramolecular Hbond substituents is 2. The van der Waals surface area contributed by atoms with Crippen molar-refractivity contribution in [2.75, 3.05) is 0 Å². The van der Waals surface area contributed by atoms with Crippen molar-refractivity contribution >= 4 is 19.4 Å². The summed E-state index contributed by atoms with van der Waals surface area (Å²) in [6, 6.07) is 8.99. The van der Waals surface area contributed by atoms with Crippen LogP contribution in [-0.4, -0.2) is 15.1 Å². The third kappa shape index (κ3) is 4.17. The molecule has 2 aromatic rings. The van der Waals surface area contributed by atoms with E-state index in [1.807, 2.05) is 0 Å². The van der Waals surface area contributed by atoms with E-state index in [9.17, 15) is 15.1 Å². The highest BCUT2D eigenvalue weighted by molar-refractivity contribution is 8.35. The van der Waals surface area contributed by atoms with Crippen LogP contribution in [0.5, 0.6) is 23.0 Å². The Morgan fingerprint density at radius 1 is 0.857 bits per heavy atom. The average molecular weight is 326 g/mol. The van der Waals surface area contributed by atoms with Crippen LogP contribution in [0.1, 0.15) is 11.1 Å². The summed E-state index contributed by atoms with van der Waals surface area (Å²) in [4.78, 5) is 10.1. The molecular formula is C14H15O5PS. The van der Waals surface area contributed by atoms with Gasteiger partial charge >= 0.3 is 7.15 Å². The number of benzene rings is 2. The second-order valence-electron chi connectivity index (χ2n) is 4.55. The summed E-state index contributed by atoms with van der Waals surface area (Å²) in [6.07, 6.45) is 0. The molecule has 0 heterocycles. The first-order chi connectivity index (χ1) is 9.77. The zero-order valence-electron chi connectivity index (χ0n) is 11.5. The van der Waals surface area contributed by atoms with Gasteiger partial charge in [-0.15, -0.1) is 0 Å². The maximum Gasteiger partial charge on any atom is 0.379 e. The molecule has 0 unspecified atom stereocenters. The maximum absolute atomic E-state index is 10.1. The van der Waals surface area contributed by atoms with Crippen LogP contribution in [0.25, 0.3) is 0 Å². The van der Waals surface area contributed by atoms with Crippen LogP contribution < -0.4 is 9.05 Å². The van der Waals surface area contributed by atoms with Crippen molar-refractivity contribution in [3.05, 3.63) is 47.5 Å². The SMILES string of the molecule is Cc1cc(O[P+](O)([S-])Oc2ccc(O)c(C)c2)ccc1O. The van der Waals surface area contributed by atoms with E-state index in [0.717, 1.165) is 0 Å². The van der Waals surface area contributed by atoms with E-state index in [2.05, 4.69) is 0 Å². The number of phenols is 2. The van der Waals surface area contributed by atoms with Crippen LogP contribution in [-0.2, 0) is 12.2 Å². The molecule has 112 valence electrons. The average Bonchev–Trinajstić information content (AvgIpc) is 2.37. The molecule has 0 aromatic heterocycles. The normalized spacial score (nSPS) is 11.2. The number of aryl methyl sites for hydroxylation is 2. The van der Waals surface area contributed by atoms with Crippen LogP contribution in [0.3, 0.4) is 0 Å². The standard InChI is InChI=1S/C14H15O5PS/c1-9-7-11(3-5-13(9)15)18-20(17,21)19-12-4-6-14(16)10(2)8-12/h3-8,15-16H,1-2H3,(H,17,21). The molecule has 3 N–H and O–H groups in total. The number of hydrogen-bond acceptors (Lipinski definition) is 6. The molecule has 2 aromatic carbocycles. The van der Waals surface area contributed by atoms with Crippen molar-refractivity contribution in [3.8, 4) is 23.0 Å². The number of hydrogen-bond donors (Lipinski definition) is 3. The molecule has 0 aliphatic rings. The third-order valence-corrected chi connectivity index (χ3v) is 4.11. The Balaban J connectivity index is 2.13. The van der Waals surface area contributed by atoms with Gasteiger partial charge in [0.25, 0.3) is 0 Å². The van der Waals surface area contributed by atoms with Crippen LogP contribution >= 0.6 is 7.15 Å². The van der Waals surface area contributed by atoms with Crippen LogP contribution in [0.4, 0.5) is 0 Å². The molecule has 0 aliphatic carbocycles. The fourth-order valence-electron chi connectivity index (χ4n) is 1.65. The van der Waals surface area contributed by atoms with Gasteiger partial charge in [0.15, 0.2) is 11.5 Å². The summed E-state index contributed by atoms with van der Waals surface area (Å²) in [5.74, 6) is 0.880. The molecule has 7 heteroatoms. The Morgan fingerprint density at radius 2 is 1.24 bits per heavy atom. The molecule has 0 fully saturated rings. The van der Waals surface area contributed by atoms with Gasteiger partial charge in [-0.05, 0) is 61.4 Å².